The highest BCUT2D eigenvalue weighted by atomic mass is 16.5. The zero-order valence-electron chi connectivity index (χ0n) is 17.6. The van der Waals surface area contributed by atoms with E-state index in [1.165, 1.54) is 6.92 Å². The number of imide groups is 1. The number of ether oxygens (including phenoxy) is 1. The van der Waals surface area contributed by atoms with Gasteiger partial charge in [-0.25, -0.2) is 4.79 Å². The molecule has 1 saturated heterocycles. The van der Waals surface area contributed by atoms with Gasteiger partial charge < -0.3 is 15.7 Å². The Balaban J connectivity index is 3.54. The van der Waals surface area contributed by atoms with E-state index in [2.05, 4.69) is 0 Å². The Morgan fingerprint density at radius 2 is 1.82 bits per heavy atom. The van der Waals surface area contributed by atoms with Gasteiger partial charge in [0.15, 0.2) is 5.78 Å². The molecule has 4 N–H and O–H groups in total. The van der Waals surface area contributed by atoms with Crippen molar-refractivity contribution in [2.24, 2.45) is 17.6 Å². The number of rotatable bonds is 8. The fraction of sp³-hybridized carbons (Fsp3) is 0.789. The van der Waals surface area contributed by atoms with Gasteiger partial charge in [-0.05, 0) is 38.5 Å². The molecular weight excluding hydrogens is 366 g/mol. The van der Waals surface area contributed by atoms with Crippen LogP contribution in [0.1, 0.15) is 60.8 Å². The molecule has 0 aliphatic carbocycles. The van der Waals surface area contributed by atoms with Crippen LogP contribution >= 0.6 is 0 Å². The fourth-order valence-corrected chi connectivity index (χ4v) is 3.62. The summed E-state index contributed by atoms with van der Waals surface area (Å²) in [6.07, 6.45) is -0.0886. The number of piperidine rings is 1. The van der Waals surface area contributed by atoms with E-state index >= 15 is 0 Å². The molecule has 1 unspecified atom stereocenters. The lowest BCUT2D eigenvalue weighted by Gasteiger charge is -2.48. The monoisotopic (exact) mass is 399 g/mol. The van der Waals surface area contributed by atoms with E-state index in [1.807, 2.05) is 33.2 Å². The van der Waals surface area contributed by atoms with E-state index in [0.717, 1.165) is 0 Å². The molecule has 2 amide bonds. The molecule has 0 bridgehead atoms. The maximum atomic E-state index is 13.4. The molecule has 9 nitrogen and oxygen atoms in total. The molecule has 1 rings (SSSR count). The maximum absolute atomic E-state index is 13.4. The van der Waals surface area contributed by atoms with Crippen molar-refractivity contribution in [2.75, 3.05) is 6.61 Å². The van der Waals surface area contributed by atoms with Crippen molar-refractivity contribution in [3.8, 4) is 0 Å². The van der Waals surface area contributed by atoms with Crippen molar-refractivity contribution in [3.05, 3.63) is 0 Å². The lowest BCUT2D eigenvalue weighted by Crippen LogP contribution is -2.76. The van der Waals surface area contributed by atoms with Crippen molar-refractivity contribution < 1.29 is 29.1 Å². The first-order valence-corrected chi connectivity index (χ1v) is 9.63. The zero-order valence-corrected chi connectivity index (χ0v) is 17.6. The lowest BCUT2D eigenvalue weighted by atomic mass is 9.73. The first-order chi connectivity index (χ1) is 12.9. The van der Waals surface area contributed by atoms with Crippen LogP contribution in [0, 0.1) is 11.8 Å². The number of esters is 1. The van der Waals surface area contributed by atoms with Crippen LogP contribution in [0.5, 0.6) is 0 Å². The molecule has 0 spiro atoms. The largest absolute Gasteiger partial charge is 0.464 e. The number of Topliss-reactive ketones (excluding diaryl/α,β-unsaturated/α-hetero) is 1. The molecular formula is C19H33N3O6. The highest BCUT2D eigenvalue weighted by Crippen LogP contribution is 2.37. The van der Waals surface area contributed by atoms with Crippen LogP contribution in [-0.2, 0) is 23.9 Å². The molecule has 1 fully saturated rings. The van der Waals surface area contributed by atoms with Crippen LogP contribution in [0.4, 0.5) is 0 Å². The summed E-state index contributed by atoms with van der Waals surface area (Å²) in [5, 5.41) is 9.77. The van der Waals surface area contributed by atoms with Gasteiger partial charge in [-0.15, -0.1) is 0 Å². The quantitative estimate of drug-likeness (QED) is 0.309. The minimum Gasteiger partial charge on any atom is -0.464 e. The SMILES string of the molecule is CCOC(=O)[C@@]1(C)C(=O)CC(CC(C)C)(NO)C(=O)N1C(=O)[C@@H](N)CC(C)C. The normalized spacial score (nSPS) is 26.7. The van der Waals surface area contributed by atoms with Gasteiger partial charge in [-0.2, -0.15) is 5.48 Å². The van der Waals surface area contributed by atoms with Crippen molar-refractivity contribution in [1.82, 2.24) is 10.4 Å². The summed E-state index contributed by atoms with van der Waals surface area (Å²) < 4.78 is 5.00. The molecule has 9 heteroatoms. The van der Waals surface area contributed by atoms with E-state index < -0.39 is 47.1 Å². The standard InChI is InChI=1S/C19H33N3O6/c1-7-28-17(26)18(6)14(23)10-19(21-27,9-12(4)5)16(25)22(18)15(24)13(20)8-11(2)3/h11-13,21,27H,7-10,20H2,1-6H3/t13-,18+,19?/m0/s1. The Labute approximate surface area is 165 Å². The third kappa shape index (κ3) is 4.42. The molecule has 28 heavy (non-hydrogen) atoms. The van der Waals surface area contributed by atoms with E-state index in [0.29, 0.717) is 4.90 Å². The molecule has 3 atom stereocenters. The summed E-state index contributed by atoms with van der Waals surface area (Å²) in [6.45, 7) is 10.1. The fourth-order valence-electron chi connectivity index (χ4n) is 3.62. The lowest BCUT2D eigenvalue weighted by molar-refractivity contribution is -0.184. The molecule has 0 aromatic heterocycles. The Morgan fingerprint density at radius 1 is 1.25 bits per heavy atom. The third-order valence-corrected chi connectivity index (χ3v) is 4.97. The number of amides is 2. The Kier molecular flexibility index (Phi) is 7.87. The van der Waals surface area contributed by atoms with Crippen LogP contribution in [-0.4, -0.2) is 57.4 Å². The van der Waals surface area contributed by atoms with Crippen LogP contribution < -0.4 is 11.2 Å². The molecule has 1 heterocycles. The summed E-state index contributed by atoms with van der Waals surface area (Å²) in [4.78, 5) is 52.8. The molecule has 1 aliphatic rings. The number of hydrogen-bond acceptors (Lipinski definition) is 8. The number of nitrogens with one attached hydrogen (secondary N) is 1. The Hall–Kier alpha value is -1.84. The van der Waals surface area contributed by atoms with Gasteiger partial charge in [0, 0.05) is 6.42 Å². The average molecular weight is 399 g/mol. The van der Waals surface area contributed by atoms with Gasteiger partial charge in [-0.3, -0.25) is 19.3 Å². The topological polar surface area (TPSA) is 139 Å². The van der Waals surface area contributed by atoms with Crippen LogP contribution in [0.2, 0.25) is 0 Å². The number of carbonyl (C=O) groups excluding carboxylic acids is 4. The number of nitrogens with zero attached hydrogens (tertiary/aromatic N) is 1. The summed E-state index contributed by atoms with van der Waals surface area (Å²) in [5.74, 6) is -3.41. The van der Waals surface area contributed by atoms with Crippen molar-refractivity contribution in [2.45, 2.75) is 77.9 Å². The third-order valence-electron chi connectivity index (χ3n) is 4.97. The highest BCUT2D eigenvalue weighted by Gasteiger charge is 2.63. The molecule has 0 aromatic rings. The molecule has 0 aromatic carbocycles. The van der Waals surface area contributed by atoms with Crippen molar-refractivity contribution >= 4 is 23.6 Å². The minimum atomic E-state index is -2.13. The zero-order chi connectivity index (χ0) is 21.9. The number of hydroxylamine groups is 1. The van der Waals surface area contributed by atoms with Crippen molar-refractivity contribution in [3.63, 3.8) is 0 Å². The molecule has 0 saturated carbocycles. The Morgan fingerprint density at radius 3 is 2.25 bits per heavy atom. The first-order valence-electron chi connectivity index (χ1n) is 9.63. The number of carbonyl (C=O) groups is 4. The smallest absolute Gasteiger partial charge is 0.340 e. The summed E-state index contributed by atoms with van der Waals surface area (Å²) in [7, 11) is 0. The molecule has 1 aliphatic heterocycles. The highest BCUT2D eigenvalue weighted by molar-refractivity contribution is 6.21. The number of ketones is 1. The van der Waals surface area contributed by atoms with Crippen molar-refractivity contribution in [1.29, 1.82) is 0 Å². The molecule has 160 valence electrons. The number of nitrogens with two attached hydrogens (primary N) is 1. The predicted molar refractivity (Wildman–Crippen MR) is 101 cm³/mol. The van der Waals surface area contributed by atoms with Crippen LogP contribution in [0.25, 0.3) is 0 Å². The van der Waals surface area contributed by atoms with Crippen LogP contribution in [0.15, 0.2) is 0 Å². The summed E-state index contributed by atoms with van der Waals surface area (Å²) in [5.41, 5.74) is 4.11. The summed E-state index contributed by atoms with van der Waals surface area (Å²) in [6, 6.07) is -1.08. The van der Waals surface area contributed by atoms with E-state index in [9.17, 15) is 24.4 Å². The summed E-state index contributed by atoms with van der Waals surface area (Å²) >= 11 is 0. The second-order valence-electron chi connectivity index (χ2n) is 8.40. The van der Waals surface area contributed by atoms with Gasteiger partial charge in [0.2, 0.25) is 11.4 Å². The van der Waals surface area contributed by atoms with Gasteiger partial charge in [0.05, 0.1) is 12.6 Å². The average Bonchev–Trinajstić information content (AvgIpc) is 2.58. The number of likely N-dealkylation sites (tertiary alicyclic amines) is 1. The number of hydrogen-bond donors (Lipinski definition) is 3. The van der Waals surface area contributed by atoms with Gasteiger partial charge in [0.25, 0.3) is 5.91 Å². The second-order valence-corrected chi connectivity index (χ2v) is 8.40. The second kappa shape index (κ2) is 9.11. The minimum absolute atomic E-state index is 0.0225. The van der Waals surface area contributed by atoms with E-state index in [4.69, 9.17) is 10.5 Å². The van der Waals surface area contributed by atoms with Gasteiger partial charge >= 0.3 is 5.97 Å². The first kappa shape index (κ1) is 24.2. The van der Waals surface area contributed by atoms with E-state index in [1.54, 1.807) is 6.92 Å². The predicted octanol–water partition coefficient (Wildman–Crippen LogP) is 0.773. The maximum Gasteiger partial charge on any atom is 0.340 e. The van der Waals surface area contributed by atoms with Gasteiger partial charge in [0.1, 0.15) is 5.54 Å². The van der Waals surface area contributed by atoms with Gasteiger partial charge in [-0.1, -0.05) is 27.7 Å². The molecule has 0 radical (unpaired) electrons. The Bertz CT molecular complexity index is 635. The van der Waals surface area contributed by atoms with Crippen LogP contribution in [0.3, 0.4) is 0 Å². The van der Waals surface area contributed by atoms with E-state index in [-0.39, 0.29) is 31.3 Å².